The van der Waals surface area contributed by atoms with Crippen LogP contribution in [0, 0.1) is 11.3 Å². The molecule has 86 valence electrons. The van der Waals surface area contributed by atoms with Gasteiger partial charge in [-0.1, -0.05) is 19.9 Å². The molecule has 1 fully saturated rings. The standard InChI is InChI=1S/C10H13F3O2/c1-9(2)5-7(9)3-4-8(14)15-6-10(11,12)13/h3-4,7H,5-6H2,1-2H3/b4-3-. The average molecular weight is 222 g/mol. The summed E-state index contributed by atoms with van der Waals surface area (Å²) < 4.78 is 38.9. The number of esters is 1. The Labute approximate surface area is 86.1 Å². The first-order chi connectivity index (χ1) is 6.71. The van der Waals surface area contributed by atoms with Crippen molar-refractivity contribution < 1.29 is 22.7 Å². The lowest BCUT2D eigenvalue weighted by Gasteiger charge is -2.05. The summed E-state index contributed by atoms with van der Waals surface area (Å²) in [7, 11) is 0. The van der Waals surface area contributed by atoms with E-state index in [1.54, 1.807) is 6.08 Å². The number of carbonyl (C=O) groups excluding carboxylic acids is 1. The van der Waals surface area contributed by atoms with Crippen molar-refractivity contribution in [2.45, 2.75) is 26.4 Å². The monoisotopic (exact) mass is 222 g/mol. The van der Waals surface area contributed by atoms with E-state index < -0.39 is 18.8 Å². The predicted octanol–water partition coefficient (Wildman–Crippen LogP) is 2.69. The number of allylic oxidation sites excluding steroid dienone is 1. The molecule has 2 nitrogen and oxygen atoms in total. The topological polar surface area (TPSA) is 26.3 Å². The van der Waals surface area contributed by atoms with E-state index in [0.717, 1.165) is 12.5 Å². The van der Waals surface area contributed by atoms with Crippen molar-refractivity contribution in [3.05, 3.63) is 12.2 Å². The number of rotatable bonds is 3. The number of hydrogen-bond acceptors (Lipinski definition) is 2. The van der Waals surface area contributed by atoms with Gasteiger partial charge in [-0.25, -0.2) is 4.79 Å². The molecule has 0 amide bonds. The van der Waals surface area contributed by atoms with Gasteiger partial charge in [-0.2, -0.15) is 13.2 Å². The smallest absolute Gasteiger partial charge is 0.422 e. The lowest BCUT2D eigenvalue weighted by atomic mass is 10.1. The van der Waals surface area contributed by atoms with Crippen LogP contribution in [0.15, 0.2) is 12.2 Å². The Morgan fingerprint density at radius 1 is 1.53 bits per heavy atom. The lowest BCUT2D eigenvalue weighted by molar-refractivity contribution is -0.182. The number of alkyl halides is 3. The van der Waals surface area contributed by atoms with Crippen LogP contribution in [0.2, 0.25) is 0 Å². The maximum Gasteiger partial charge on any atom is 0.422 e. The number of ether oxygens (including phenoxy) is 1. The van der Waals surface area contributed by atoms with Crippen molar-refractivity contribution in [3.63, 3.8) is 0 Å². The molecule has 0 aromatic rings. The van der Waals surface area contributed by atoms with E-state index in [-0.39, 0.29) is 11.3 Å². The summed E-state index contributed by atoms with van der Waals surface area (Å²) >= 11 is 0. The molecule has 1 atom stereocenters. The fraction of sp³-hybridized carbons (Fsp3) is 0.700. The predicted molar refractivity (Wildman–Crippen MR) is 48.0 cm³/mol. The van der Waals surface area contributed by atoms with Crippen LogP contribution >= 0.6 is 0 Å². The summed E-state index contributed by atoms with van der Waals surface area (Å²) in [5.41, 5.74) is 0.167. The van der Waals surface area contributed by atoms with E-state index in [0.29, 0.717) is 0 Å². The van der Waals surface area contributed by atoms with E-state index in [1.165, 1.54) is 0 Å². The average Bonchev–Trinajstić information content (AvgIpc) is 2.66. The second-order valence-electron chi connectivity index (χ2n) is 4.38. The Kier molecular flexibility index (Phi) is 3.11. The van der Waals surface area contributed by atoms with Crippen molar-refractivity contribution in [3.8, 4) is 0 Å². The van der Waals surface area contributed by atoms with Gasteiger partial charge in [0.05, 0.1) is 0 Å². The van der Waals surface area contributed by atoms with Crippen LogP contribution in [-0.4, -0.2) is 18.8 Å². The normalized spacial score (nSPS) is 24.2. The van der Waals surface area contributed by atoms with Gasteiger partial charge in [0.25, 0.3) is 0 Å². The third kappa shape index (κ3) is 4.36. The Bertz CT molecular complexity index is 279. The number of hydrogen-bond donors (Lipinski definition) is 0. The van der Waals surface area contributed by atoms with Crippen LogP contribution in [0.4, 0.5) is 13.2 Å². The zero-order valence-electron chi connectivity index (χ0n) is 8.60. The minimum absolute atomic E-state index is 0.167. The molecule has 0 spiro atoms. The lowest BCUT2D eigenvalue weighted by Crippen LogP contribution is -2.19. The van der Waals surface area contributed by atoms with Gasteiger partial charge in [0.2, 0.25) is 0 Å². The van der Waals surface area contributed by atoms with E-state index in [9.17, 15) is 18.0 Å². The molecular weight excluding hydrogens is 209 g/mol. The second kappa shape index (κ2) is 3.87. The molecule has 1 aliphatic rings. The first kappa shape index (κ1) is 12.1. The highest BCUT2D eigenvalue weighted by molar-refractivity contribution is 5.82. The van der Waals surface area contributed by atoms with Crippen LogP contribution in [0.1, 0.15) is 20.3 Å². The van der Waals surface area contributed by atoms with Crippen molar-refractivity contribution in [1.82, 2.24) is 0 Å². The Morgan fingerprint density at radius 3 is 2.47 bits per heavy atom. The molecule has 0 N–H and O–H groups in total. The highest BCUT2D eigenvalue weighted by Gasteiger charge is 2.43. The van der Waals surface area contributed by atoms with E-state index in [1.807, 2.05) is 13.8 Å². The molecule has 1 aliphatic carbocycles. The number of carbonyl (C=O) groups is 1. The summed E-state index contributed by atoms with van der Waals surface area (Å²) in [6.45, 7) is 2.54. The summed E-state index contributed by atoms with van der Waals surface area (Å²) in [4.78, 5) is 10.8. The summed E-state index contributed by atoms with van der Waals surface area (Å²) in [6.07, 6.45) is -0.817. The van der Waals surface area contributed by atoms with Gasteiger partial charge in [0.15, 0.2) is 6.61 Å². The molecule has 5 heteroatoms. The molecule has 0 aromatic carbocycles. The minimum Gasteiger partial charge on any atom is -0.453 e. The van der Waals surface area contributed by atoms with Crippen LogP contribution in [0.25, 0.3) is 0 Å². The van der Waals surface area contributed by atoms with E-state index in [2.05, 4.69) is 4.74 Å². The third-order valence-corrected chi connectivity index (χ3v) is 2.43. The summed E-state index contributed by atoms with van der Waals surface area (Å²) in [5.74, 6) is -0.661. The number of halogens is 3. The van der Waals surface area contributed by atoms with Gasteiger partial charge in [-0.15, -0.1) is 0 Å². The SMILES string of the molecule is CC1(C)CC1/C=C\C(=O)OCC(F)(F)F. The third-order valence-electron chi connectivity index (χ3n) is 2.43. The maximum absolute atomic E-state index is 11.6. The van der Waals surface area contributed by atoms with Gasteiger partial charge >= 0.3 is 12.1 Å². The molecule has 1 rings (SSSR count). The fourth-order valence-electron chi connectivity index (χ4n) is 1.23. The Hall–Kier alpha value is -1.00. The van der Waals surface area contributed by atoms with Crippen LogP contribution in [0.3, 0.4) is 0 Å². The van der Waals surface area contributed by atoms with E-state index >= 15 is 0 Å². The van der Waals surface area contributed by atoms with Crippen LogP contribution in [-0.2, 0) is 9.53 Å². The van der Waals surface area contributed by atoms with Gasteiger partial charge in [0.1, 0.15) is 0 Å². The maximum atomic E-state index is 11.6. The van der Waals surface area contributed by atoms with Gasteiger partial charge in [-0.05, 0) is 17.8 Å². The molecule has 0 aliphatic heterocycles. The molecular formula is C10H13F3O2. The van der Waals surface area contributed by atoms with Crippen molar-refractivity contribution >= 4 is 5.97 Å². The van der Waals surface area contributed by atoms with Crippen LogP contribution in [0.5, 0.6) is 0 Å². The van der Waals surface area contributed by atoms with Crippen molar-refractivity contribution in [2.24, 2.45) is 11.3 Å². The van der Waals surface area contributed by atoms with Crippen molar-refractivity contribution in [2.75, 3.05) is 6.61 Å². The molecule has 0 saturated heterocycles. The van der Waals surface area contributed by atoms with Crippen LogP contribution < -0.4 is 0 Å². The van der Waals surface area contributed by atoms with Gasteiger partial charge in [-0.3, -0.25) is 0 Å². The summed E-state index contributed by atoms with van der Waals surface area (Å²) in [5, 5.41) is 0. The first-order valence-electron chi connectivity index (χ1n) is 4.62. The Morgan fingerprint density at radius 2 is 2.07 bits per heavy atom. The first-order valence-corrected chi connectivity index (χ1v) is 4.62. The molecule has 1 saturated carbocycles. The minimum atomic E-state index is -4.46. The molecule has 0 bridgehead atoms. The quantitative estimate of drug-likeness (QED) is 0.542. The zero-order valence-corrected chi connectivity index (χ0v) is 8.60. The fourth-order valence-corrected chi connectivity index (χ4v) is 1.23. The van der Waals surface area contributed by atoms with Crippen molar-refractivity contribution in [1.29, 1.82) is 0 Å². The largest absolute Gasteiger partial charge is 0.453 e. The highest BCUT2D eigenvalue weighted by Crippen LogP contribution is 2.52. The van der Waals surface area contributed by atoms with Gasteiger partial charge < -0.3 is 4.74 Å². The zero-order chi connectivity index (χ0) is 11.7. The second-order valence-corrected chi connectivity index (χ2v) is 4.38. The van der Waals surface area contributed by atoms with E-state index in [4.69, 9.17) is 0 Å². The van der Waals surface area contributed by atoms with Gasteiger partial charge in [0, 0.05) is 6.08 Å². The molecule has 0 heterocycles. The molecule has 1 unspecified atom stereocenters. The summed E-state index contributed by atoms with van der Waals surface area (Å²) in [6, 6.07) is 0. The molecule has 15 heavy (non-hydrogen) atoms. The molecule has 0 radical (unpaired) electrons. The molecule has 0 aromatic heterocycles. The highest BCUT2D eigenvalue weighted by atomic mass is 19.4. The Balaban J connectivity index is 2.25.